The maximum absolute atomic E-state index is 11.8. The number of amides is 1. The molecule has 20 heavy (non-hydrogen) atoms. The van der Waals surface area contributed by atoms with Crippen molar-refractivity contribution in [3.8, 4) is 5.75 Å². The van der Waals surface area contributed by atoms with Gasteiger partial charge < -0.3 is 15.8 Å². The third kappa shape index (κ3) is 3.79. The van der Waals surface area contributed by atoms with Gasteiger partial charge in [0.05, 0.1) is 16.4 Å². The van der Waals surface area contributed by atoms with Gasteiger partial charge in [0.1, 0.15) is 5.75 Å². The molecule has 0 unspecified atom stereocenters. The van der Waals surface area contributed by atoms with Gasteiger partial charge in [-0.2, -0.15) is 0 Å². The number of benzene rings is 2. The topological polar surface area (TPSA) is 64.3 Å². The molecule has 0 bridgehead atoms. The number of nitrogens with two attached hydrogens (primary N) is 1. The summed E-state index contributed by atoms with van der Waals surface area (Å²) in [6.07, 6.45) is 0. The highest BCUT2D eigenvalue weighted by molar-refractivity contribution is 6.35. The van der Waals surface area contributed by atoms with Crippen LogP contribution in [0.5, 0.6) is 5.75 Å². The number of carbonyl (C=O) groups excluding carboxylic acids is 1. The van der Waals surface area contributed by atoms with E-state index in [9.17, 15) is 4.79 Å². The molecule has 0 radical (unpaired) electrons. The van der Waals surface area contributed by atoms with Crippen molar-refractivity contribution in [1.29, 1.82) is 0 Å². The van der Waals surface area contributed by atoms with Crippen LogP contribution in [0, 0.1) is 0 Å². The average molecular weight is 311 g/mol. The van der Waals surface area contributed by atoms with Gasteiger partial charge in [-0.15, -0.1) is 0 Å². The van der Waals surface area contributed by atoms with Gasteiger partial charge in [0.2, 0.25) is 0 Å². The lowest BCUT2D eigenvalue weighted by Gasteiger charge is -2.10. The zero-order valence-corrected chi connectivity index (χ0v) is 11.9. The molecule has 2 rings (SSSR count). The summed E-state index contributed by atoms with van der Waals surface area (Å²) in [6, 6.07) is 11.8. The lowest BCUT2D eigenvalue weighted by molar-refractivity contribution is -0.118. The number of ether oxygens (including phenoxy) is 1. The smallest absolute Gasteiger partial charge is 0.262 e. The summed E-state index contributed by atoms with van der Waals surface area (Å²) in [4.78, 5) is 11.8. The lowest BCUT2D eigenvalue weighted by Crippen LogP contribution is -2.20. The van der Waals surface area contributed by atoms with Crippen LogP contribution in [0.25, 0.3) is 0 Å². The van der Waals surface area contributed by atoms with E-state index in [0.29, 0.717) is 27.2 Å². The van der Waals surface area contributed by atoms with Crippen LogP contribution in [0.15, 0.2) is 42.5 Å². The Hall–Kier alpha value is -1.91. The Balaban J connectivity index is 1.96. The van der Waals surface area contributed by atoms with Crippen LogP contribution in [0.3, 0.4) is 0 Å². The Kier molecular flexibility index (Phi) is 4.71. The minimum atomic E-state index is -0.350. The molecule has 6 heteroatoms. The molecule has 104 valence electrons. The molecule has 4 nitrogen and oxygen atoms in total. The second-order valence-corrected chi connectivity index (χ2v) is 4.84. The largest absolute Gasteiger partial charge is 0.482 e. The molecule has 0 spiro atoms. The summed E-state index contributed by atoms with van der Waals surface area (Å²) in [5, 5.41) is 3.51. The minimum absolute atomic E-state index is 0.170. The monoisotopic (exact) mass is 310 g/mol. The Bertz CT molecular complexity index is 632. The van der Waals surface area contributed by atoms with Gasteiger partial charge in [0.25, 0.3) is 5.91 Å². The fraction of sp³-hybridized carbons (Fsp3) is 0.0714. The average Bonchev–Trinajstić information content (AvgIpc) is 2.42. The summed E-state index contributed by atoms with van der Waals surface area (Å²) >= 11 is 11.8. The van der Waals surface area contributed by atoms with Crippen molar-refractivity contribution < 1.29 is 9.53 Å². The second kappa shape index (κ2) is 6.50. The Morgan fingerprint density at radius 1 is 1.20 bits per heavy atom. The Morgan fingerprint density at radius 3 is 2.70 bits per heavy atom. The standard InChI is InChI=1S/C14H12Cl2N2O2/c15-9-5-6-10(16)12(7-9)18-14(19)8-20-13-4-2-1-3-11(13)17/h1-7H,8,17H2,(H,18,19). The first-order valence-electron chi connectivity index (χ1n) is 5.78. The number of hydrogen-bond acceptors (Lipinski definition) is 3. The number of hydrogen-bond donors (Lipinski definition) is 2. The molecular weight excluding hydrogens is 299 g/mol. The molecule has 0 fully saturated rings. The van der Waals surface area contributed by atoms with Crippen molar-refractivity contribution in [1.82, 2.24) is 0 Å². The van der Waals surface area contributed by atoms with E-state index in [1.807, 2.05) is 0 Å². The summed E-state index contributed by atoms with van der Waals surface area (Å²) in [5.74, 6) is 0.109. The summed E-state index contributed by atoms with van der Waals surface area (Å²) in [7, 11) is 0. The number of halogens is 2. The summed E-state index contributed by atoms with van der Waals surface area (Å²) < 4.78 is 5.33. The normalized spacial score (nSPS) is 10.1. The number of nitrogen functional groups attached to an aromatic ring is 1. The molecule has 1 amide bonds. The molecule has 0 heterocycles. The lowest BCUT2D eigenvalue weighted by atomic mass is 10.3. The molecule has 0 aliphatic rings. The zero-order valence-electron chi connectivity index (χ0n) is 10.4. The molecule has 2 aromatic rings. The van der Waals surface area contributed by atoms with Crippen LogP contribution in [0.2, 0.25) is 10.0 Å². The van der Waals surface area contributed by atoms with Crippen molar-refractivity contribution in [2.24, 2.45) is 0 Å². The van der Waals surface area contributed by atoms with Gasteiger partial charge in [0.15, 0.2) is 6.61 Å². The molecule has 0 atom stereocenters. The molecule has 0 saturated carbocycles. The quantitative estimate of drug-likeness (QED) is 0.848. The van der Waals surface area contributed by atoms with Crippen LogP contribution >= 0.6 is 23.2 Å². The van der Waals surface area contributed by atoms with Crippen LogP contribution in [-0.4, -0.2) is 12.5 Å². The number of nitrogens with one attached hydrogen (secondary N) is 1. The van der Waals surface area contributed by atoms with Gasteiger partial charge in [-0.25, -0.2) is 0 Å². The SMILES string of the molecule is Nc1ccccc1OCC(=O)Nc1cc(Cl)ccc1Cl. The van der Waals surface area contributed by atoms with E-state index in [2.05, 4.69) is 5.32 Å². The summed E-state index contributed by atoms with van der Waals surface area (Å²) in [6.45, 7) is -0.170. The highest BCUT2D eigenvalue weighted by Gasteiger charge is 2.08. The van der Waals surface area contributed by atoms with E-state index >= 15 is 0 Å². The van der Waals surface area contributed by atoms with Crippen molar-refractivity contribution in [2.45, 2.75) is 0 Å². The van der Waals surface area contributed by atoms with Gasteiger partial charge >= 0.3 is 0 Å². The second-order valence-electron chi connectivity index (χ2n) is 4.00. The number of carbonyl (C=O) groups is 1. The highest BCUT2D eigenvalue weighted by atomic mass is 35.5. The fourth-order valence-electron chi connectivity index (χ4n) is 1.53. The zero-order chi connectivity index (χ0) is 14.5. The molecule has 2 aromatic carbocycles. The molecular formula is C14H12Cl2N2O2. The first-order valence-corrected chi connectivity index (χ1v) is 6.54. The third-order valence-corrected chi connectivity index (χ3v) is 3.04. The van der Waals surface area contributed by atoms with Gasteiger partial charge in [-0.05, 0) is 30.3 Å². The van der Waals surface area contributed by atoms with Gasteiger partial charge in [-0.3, -0.25) is 4.79 Å². The molecule has 0 aliphatic heterocycles. The fourth-order valence-corrected chi connectivity index (χ4v) is 1.87. The molecule has 0 saturated heterocycles. The van der Waals surface area contributed by atoms with E-state index in [1.54, 1.807) is 42.5 Å². The highest BCUT2D eigenvalue weighted by Crippen LogP contribution is 2.25. The van der Waals surface area contributed by atoms with Gasteiger partial charge in [-0.1, -0.05) is 35.3 Å². The molecule has 0 aromatic heterocycles. The predicted octanol–water partition coefficient (Wildman–Crippen LogP) is 3.59. The van der Waals surface area contributed by atoms with Crippen molar-refractivity contribution in [3.63, 3.8) is 0 Å². The Morgan fingerprint density at radius 2 is 1.95 bits per heavy atom. The molecule has 3 N–H and O–H groups in total. The number of anilines is 2. The van der Waals surface area contributed by atoms with Crippen molar-refractivity contribution in [3.05, 3.63) is 52.5 Å². The van der Waals surface area contributed by atoms with Crippen LogP contribution in [-0.2, 0) is 4.79 Å². The minimum Gasteiger partial charge on any atom is -0.482 e. The van der Waals surface area contributed by atoms with E-state index in [0.717, 1.165) is 0 Å². The van der Waals surface area contributed by atoms with E-state index in [-0.39, 0.29) is 12.5 Å². The predicted molar refractivity (Wildman–Crippen MR) is 81.4 cm³/mol. The van der Waals surface area contributed by atoms with E-state index < -0.39 is 0 Å². The van der Waals surface area contributed by atoms with E-state index in [1.165, 1.54) is 0 Å². The summed E-state index contributed by atoms with van der Waals surface area (Å²) in [5.41, 5.74) is 6.62. The third-order valence-electron chi connectivity index (χ3n) is 2.48. The number of para-hydroxylation sites is 2. The van der Waals surface area contributed by atoms with Gasteiger partial charge in [0, 0.05) is 5.02 Å². The van der Waals surface area contributed by atoms with Crippen LogP contribution in [0.1, 0.15) is 0 Å². The van der Waals surface area contributed by atoms with Crippen molar-refractivity contribution >= 4 is 40.5 Å². The maximum Gasteiger partial charge on any atom is 0.262 e. The Labute approximate surface area is 126 Å². The van der Waals surface area contributed by atoms with Crippen LogP contribution in [0.4, 0.5) is 11.4 Å². The maximum atomic E-state index is 11.8. The van der Waals surface area contributed by atoms with Crippen molar-refractivity contribution in [2.75, 3.05) is 17.7 Å². The number of rotatable bonds is 4. The first kappa shape index (κ1) is 14.5. The van der Waals surface area contributed by atoms with Crippen LogP contribution < -0.4 is 15.8 Å². The van der Waals surface area contributed by atoms with E-state index in [4.69, 9.17) is 33.7 Å². The molecule has 0 aliphatic carbocycles. The first-order chi connectivity index (χ1) is 9.56.